The Morgan fingerprint density at radius 2 is 2.22 bits per heavy atom. The van der Waals surface area contributed by atoms with Crippen LogP contribution < -0.4 is 0 Å². The number of aryl methyl sites for hydroxylation is 1. The monoisotopic (exact) mass is 354 g/mol. The third-order valence-electron chi connectivity index (χ3n) is 4.07. The molecule has 9 heteroatoms. The molecule has 0 aromatic carbocycles. The Labute approximate surface area is 138 Å². The predicted molar refractivity (Wildman–Crippen MR) is 86.2 cm³/mol. The van der Waals surface area contributed by atoms with Gasteiger partial charge in [-0.15, -0.1) is 11.3 Å². The van der Waals surface area contributed by atoms with Gasteiger partial charge in [0.1, 0.15) is 9.77 Å². The minimum Gasteiger partial charge on any atom is -0.329 e. The average Bonchev–Trinajstić information content (AvgIpc) is 3.14. The first-order valence-corrected chi connectivity index (χ1v) is 10.1. The highest BCUT2D eigenvalue weighted by atomic mass is 32.2. The fraction of sp³-hybridized carbons (Fsp3) is 0.500. The Morgan fingerprint density at radius 1 is 1.43 bits per heavy atom. The zero-order chi connectivity index (χ0) is 16.6. The van der Waals surface area contributed by atoms with Crippen molar-refractivity contribution in [2.75, 3.05) is 12.8 Å². The topological polar surface area (TPSA) is 96.0 Å². The smallest absolute Gasteiger partial charge is 0.266 e. The van der Waals surface area contributed by atoms with E-state index in [4.69, 9.17) is 0 Å². The molecule has 0 spiro atoms. The lowest BCUT2D eigenvalue weighted by molar-refractivity contribution is 0.0606. The Morgan fingerprint density at radius 3 is 2.87 bits per heavy atom. The number of hydrogen-bond donors (Lipinski definition) is 1. The summed E-state index contributed by atoms with van der Waals surface area (Å²) in [6.45, 7) is 2.41. The van der Waals surface area contributed by atoms with E-state index in [1.54, 1.807) is 17.3 Å². The second-order valence-electron chi connectivity index (χ2n) is 5.70. The van der Waals surface area contributed by atoms with Crippen molar-refractivity contribution in [2.24, 2.45) is 0 Å². The van der Waals surface area contributed by atoms with Crippen LogP contribution in [0.2, 0.25) is 0 Å². The number of aromatic nitrogens is 3. The first-order chi connectivity index (χ1) is 10.9. The highest BCUT2D eigenvalue weighted by molar-refractivity contribution is 7.90. The van der Waals surface area contributed by atoms with Crippen LogP contribution in [0.15, 0.2) is 16.6 Å². The molecule has 1 aliphatic heterocycles. The summed E-state index contributed by atoms with van der Waals surface area (Å²) in [6, 6.07) is -0.301. The van der Waals surface area contributed by atoms with E-state index < -0.39 is 9.84 Å². The molecule has 124 valence electrons. The van der Waals surface area contributed by atoms with Crippen LogP contribution in [0, 0.1) is 6.92 Å². The van der Waals surface area contributed by atoms with E-state index in [0.717, 1.165) is 19.1 Å². The number of nitrogens with zero attached hydrogens (tertiary/aromatic N) is 3. The molecule has 1 amide bonds. The lowest BCUT2D eigenvalue weighted by atomic mass is 9.99. The van der Waals surface area contributed by atoms with Gasteiger partial charge < -0.3 is 4.90 Å². The summed E-state index contributed by atoms with van der Waals surface area (Å²) in [5.74, 6) is -0.0937. The highest BCUT2D eigenvalue weighted by Crippen LogP contribution is 2.34. The number of thiazole rings is 1. The third kappa shape index (κ3) is 3.02. The number of sulfone groups is 1. The quantitative estimate of drug-likeness (QED) is 0.909. The first kappa shape index (κ1) is 16.1. The molecule has 3 rings (SSSR count). The van der Waals surface area contributed by atoms with Gasteiger partial charge in [-0.05, 0) is 26.2 Å². The van der Waals surface area contributed by atoms with Gasteiger partial charge in [0.15, 0.2) is 9.84 Å². The van der Waals surface area contributed by atoms with E-state index >= 15 is 0 Å². The molecular formula is C14H18N4O3S2. The number of piperidine rings is 1. The van der Waals surface area contributed by atoms with Crippen LogP contribution in [0.4, 0.5) is 0 Å². The number of likely N-dealkylation sites (tertiary alicyclic amines) is 1. The van der Waals surface area contributed by atoms with Crippen molar-refractivity contribution in [3.05, 3.63) is 28.0 Å². The van der Waals surface area contributed by atoms with Crippen molar-refractivity contribution in [1.82, 2.24) is 20.1 Å². The van der Waals surface area contributed by atoms with Crippen molar-refractivity contribution < 1.29 is 13.2 Å². The zero-order valence-electron chi connectivity index (χ0n) is 12.9. The lowest BCUT2D eigenvalue weighted by Crippen LogP contribution is -2.39. The summed E-state index contributed by atoms with van der Waals surface area (Å²) in [5.41, 5.74) is 2.86. The molecule has 0 unspecified atom stereocenters. The molecule has 0 bridgehead atoms. The van der Waals surface area contributed by atoms with Gasteiger partial charge in [0.05, 0.1) is 29.1 Å². The fourth-order valence-electron chi connectivity index (χ4n) is 2.93. The Hall–Kier alpha value is -1.74. The summed E-state index contributed by atoms with van der Waals surface area (Å²) in [6.07, 6.45) is 5.04. The number of carbonyl (C=O) groups excluding carboxylic acids is 1. The van der Waals surface area contributed by atoms with Gasteiger partial charge in [0.2, 0.25) is 0 Å². The SMILES string of the molecule is Cc1ncsc1C(=O)N1CCCC[C@@H]1c1[nH]ncc1S(C)(=O)=O. The van der Waals surface area contributed by atoms with Gasteiger partial charge in [-0.3, -0.25) is 9.89 Å². The molecule has 1 aliphatic rings. The van der Waals surface area contributed by atoms with Gasteiger partial charge in [-0.1, -0.05) is 0 Å². The van der Waals surface area contributed by atoms with E-state index in [1.807, 2.05) is 0 Å². The maximum absolute atomic E-state index is 12.9. The van der Waals surface area contributed by atoms with Crippen LogP contribution in [0.3, 0.4) is 0 Å². The zero-order valence-corrected chi connectivity index (χ0v) is 14.6. The third-order valence-corrected chi connectivity index (χ3v) is 6.11. The molecule has 1 fully saturated rings. The van der Waals surface area contributed by atoms with E-state index in [-0.39, 0.29) is 16.8 Å². The van der Waals surface area contributed by atoms with Crippen LogP contribution in [0.25, 0.3) is 0 Å². The molecule has 2 aromatic heterocycles. The minimum atomic E-state index is -3.39. The minimum absolute atomic E-state index is 0.0937. The molecular weight excluding hydrogens is 336 g/mol. The van der Waals surface area contributed by atoms with Crippen LogP contribution in [-0.2, 0) is 9.84 Å². The van der Waals surface area contributed by atoms with Crippen molar-refractivity contribution in [2.45, 2.75) is 37.1 Å². The second kappa shape index (κ2) is 6.04. The van der Waals surface area contributed by atoms with E-state index in [1.165, 1.54) is 17.5 Å². The fourth-order valence-corrected chi connectivity index (χ4v) is 4.51. The van der Waals surface area contributed by atoms with E-state index in [0.29, 0.717) is 29.2 Å². The molecule has 3 heterocycles. The van der Waals surface area contributed by atoms with E-state index in [9.17, 15) is 13.2 Å². The van der Waals surface area contributed by atoms with Gasteiger partial charge in [0, 0.05) is 12.8 Å². The largest absolute Gasteiger partial charge is 0.329 e. The highest BCUT2D eigenvalue weighted by Gasteiger charge is 2.34. The number of amides is 1. The maximum Gasteiger partial charge on any atom is 0.266 e. The van der Waals surface area contributed by atoms with Crippen molar-refractivity contribution in [1.29, 1.82) is 0 Å². The number of hydrogen-bond acceptors (Lipinski definition) is 6. The molecule has 1 atom stereocenters. The normalized spacial score (nSPS) is 19.0. The first-order valence-electron chi connectivity index (χ1n) is 7.34. The second-order valence-corrected chi connectivity index (χ2v) is 8.54. The number of aromatic amines is 1. The summed E-state index contributed by atoms with van der Waals surface area (Å²) < 4.78 is 23.9. The van der Waals surface area contributed by atoms with E-state index in [2.05, 4.69) is 15.2 Å². The van der Waals surface area contributed by atoms with Crippen molar-refractivity contribution in [3.8, 4) is 0 Å². The van der Waals surface area contributed by atoms with Crippen molar-refractivity contribution in [3.63, 3.8) is 0 Å². The average molecular weight is 354 g/mol. The maximum atomic E-state index is 12.9. The number of rotatable bonds is 3. The molecule has 23 heavy (non-hydrogen) atoms. The molecule has 7 nitrogen and oxygen atoms in total. The number of nitrogens with one attached hydrogen (secondary N) is 1. The van der Waals surface area contributed by atoms with Crippen LogP contribution >= 0.6 is 11.3 Å². The lowest BCUT2D eigenvalue weighted by Gasteiger charge is -2.35. The molecule has 0 saturated carbocycles. The van der Waals surface area contributed by atoms with Crippen LogP contribution in [0.5, 0.6) is 0 Å². The molecule has 0 aliphatic carbocycles. The van der Waals surface area contributed by atoms with Gasteiger partial charge in [-0.2, -0.15) is 5.10 Å². The molecule has 2 aromatic rings. The Kier molecular flexibility index (Phi) is 4.24. The standard InChI is InChI=1S/C14H18N4O3S2/c1-9-13(22-8-15-9)14(19)18-6-4-3-5-10(18)12-11(7-16-17-12)23(2,20)21/h7-8,10H,3-6H2,1-2H3,(H,16,17)/t10-/m1/s1. The Bertz CT molecular complexity index is 825. The van der Waals surface area contributed by atoms with Gasteiger partial charge >= 0.3 is 0 Å². The summed E-state index contributed by atoms with van der Waals surface area (Å²) in [7, 11) is -3.39. The van der Waals surface area contributed by atoms with Crippen LogP contribution in [0.1, 0.15) is 46.4 Å². The summed E-state index contributed by atoms with van der Waals surface area (Å²) >= 11 is 1.31. The number of carbonyl (C=O) groups is 1. The van der Waals surface area contributed by atoms with Crippen molar-refractivity contribution >= 4 is 27.1 Å². The molecule has 1 N–H and O–H groups in total. The molecule has 0 radical (unpaired) electrons. The van der Waals surface area contributed by atoms with Gasteiger partial charge in [-0.25, -0.2) is 13.4 Å². The predicted octanol–water partition coefficient (Wildman–Crippen LogP) is 1.95. The van der Waals surface area contributed by atoms with Gasteiger partial charge in [0.25, 0.3) is 5.91 Å². The Balaban J connectivity index is 1.99. The summed E-state index contributed by atoms with van der Waals surface area (Å²) in [5, 5.41) is 6.68. The number of H-pyrrole nitrogens is 1. The summed E-state index contributed by atoms with van der Waals surface area (Å²) in [4.78, 5) is 19.5. The van der Waals surface area contributed by atoms with Crippen LogP contribution in [-0.4, -0.2) is 47.2 Å². The molecule has 1 saturated heterocycles.